The van der Waals surface area contributed by atoms with Gasteiger partial charge in [0.1, 0.15) is 11.3 Å². The molecule has 0 aliphatic rings. The molecule has 0 aliphatic heterocycles. The monoisotopic (exact) mass is 398 g/mol. The fourth-order valence-electron chi connectivity index (χ4n) is 1.55. The number of aromatic hydroxyl groups is 1. The van der Waals surface area contributed by atoms with Crippen LogP contribution >= 0.6 is 0 Å². The molecular formula is C12H13NO2Pt. The van der Waals surface area contributed by atoms with E-state index in [-0.39, 0.29) is 26.8 Å². The summed E-state index contributed by atoms with van der Waals surface area (Å²) in [5.41, 5.74) is 1.69. The maximum absolute atomic E-state index is 9.62. The van der Waals surface area contributed by atoms with Crippen LogP contribution in [0.15, 0.2) is 30.5 Å². The van der Waals surface area contributed by atoms with Gasteiger partial charge in [-0.2, -0.15) is 0 Å². The number of fused-ring (bicyclic) bond motifs is 1. The van der Waals surface area contributed by atoms with Crippen LogP contribution in [0.3, 0.4) is 0 Å². The van der Waals surface area contributed by atoms with Crippen LogP contribution < -0.4 is 0 Å². The van der Waals surface area contributed by atoms with Crippen molar-refractivity contribution >= 4 is 10.9 Å². The van der Waals surface area contributed by atoms with Crippen LogP contribution in [-0.2, 0) is 32.4 Å². The summed E-state index contributed by atoms with van der Waals surface area (Å²) < 4.78 is 5.36. The Labute approximate surface area is 109 Å². The Kier molecular flexibility index (Phi) is 4.91. The molecule has 16 heavy (non-hydrogen) atoms. The summed E-state index contributed by atoms with van der Waals surface area (Å²) in [7, 11) is 0. The standard InChI is InChI=1S/C12H13NO2.Pt/c1-2-15-8-9-5-6-11(14)12-10(9)4-3-7-13-12;/h3-7,14H,2,8H2,1H3;. The number of rotatable bonds is 3. The number of nitrogens with zero attached hydrogens (tertiary/aromatic N) is 1. The molecule has 0 amide bonds. The molecule has 1 aromatic carbocycles. The minimum Gasteiger partial charge on any atom is -0.506 e. The second-order valence-electron chi connectivity index (χ2n) is 3.28. The zero-order valence-corrected chi connectivity index (χ0v) is 11.2. The quantitative estimate of drug-likeness (QED) is 0.864. The Balaban J connectivity index is 0.00000128. The van der Waals surface area contributed by atoms with Gasteiger partial charge >= 0.3 is 0 Å². The van der Waals surface area contributed by atoms with Gasteiger partial charge in [0.25, 0.3) is 0 Å². The van der Waals surface area contributed by atoms with Crippen LogP contribution in [0.1, 0.15) is 12.5 Å². The number of phenolic OH excluding ortho intramolecular Hbond substituents is 1. The molecule has 3 nitrogen and oxygen atoms in total. The van der Waals surface area contributed by atoms with E-state index in [9.17, 15) is 5.11 Å². The van der Waals surface area contributed by atoms with E-state index in [0.717, 1.165) is 10.9 Å². The van der Waals surface area contributed by atoms with E-state index in [2.05, 4.69) is 4.98 Å². The number of benzene rings is 1. The molecule has 2 aromatic rings. The van der Waals surface area contributed by atoms with Gasteiger partial charge in [-0.3, -0.25) is 4.98 Å². The fraction of sp³-hybridized carbons (Fsp3) is 0.250. The van der Waals surface area contributed by atoms with Crippen molar-refractivity contribution in [2.24, 2.45) is 0 Å². The van der Waals surface area contributed by atoms with Crippen molar-refractivity contribution in [3.8, 4) is 5.75 Å². The molecule has 0 bridgehead atoms. The summed E-state index contributed by atoms with van der Waals surface area (Å²) in [6.45, 7) is 3.20. The topological polar surface area (TPSA) is 42.4 Å². The minimum atomic E-state index is 0. The molecule has 0 atom stereocenters. The molecule has 1 aromatic heterocycles. The molecule has 0 unspecified atom stereocenters. The zero-order chi connectivity index (χ0) is 10.7. The van der Waals surface area contributed by atoms with Crippen LogP contribution in [0.25, 0.3) is 10.9 Å². The summed E-state index contributed by atoms with van der Waals surface area (Å²) in [5, 5.41) is 10.6. The van der Waals surface area contributed by atoms with E-state index in [1.807, 2.05) is 25.1 Å². The fourth-order valence-corrected chi connectivity index (χ4v) is 1.55. The minimum absolute atomic E-state index is 0. The van der Waals surface area contributed by atoms with Gasteiger partial charge in [0.2, 0.25) is 0 Å². The van der Waals surface area contributed by atoms with Crippen LogP contribution in [0, 0.1) is 0 Å². The van der Waals surface area contributed by atoms with Crippen molar-refractivity contribution in [3.63, 3.8) is 0 Å². The molecule has 0 saturated heterocycles. The Morgan fingerprint density at radius 1 is 1.31 bits per heavy atom. The number of phenols is 1. The second kappa shape index (κ2) is 5.97. The molecule has 0 radical (unpaired) electrons. The van der Waals surface area contributed by atoms with Gasteiger partial charge in [0.15, 0.2) is 0 Å². The number of hydrogen-bond donors (Lipinski definition) is 1. The van der Waals surface area contributed by atoms with Gasteiger partial charge in [-0.25, -0.2) is 0 Å². The number of hydrogen-bond acceptors (Lipinski definition) is 3. The maximum atomic E-state index is 9.62. The van der Waals surface area contributed by atoms with Crippen LogP contribution in [0.5, 0.6) is 5.75 Å². The number of aromatic nitrogens is 1. The number of pyridine rings is 1. The average Bonchev–Trinajstić information content (AvgIpc) is 2.29. The first-order valence-corrected chi connectivity index (χ1v) is 4.96. The van der Waals surface area contributed by atoms with Crippen LogP contribution in [-0.4, -0.2) is 16.7 Å². The van der Waals surface area contributed by atoms with Crippen LogP contribution in [0.4, 0.5) is 0 Å². The average molecular weight is 398 g/mol. The molecule has 0 saturated carbocycles. The Hall–Kier alpha value is -0.922. The predicted molar refractivity (Wildman–Crippen MR) is 58.7 cm³/mol. The van der Waals surface area contributed by atoms with E-state index >= 15 is 0 Å². The molecule has 0 spiro atoms. The molecule has 2 rings (SSSR count). The Morgan fingerprint density at radius 2 is 2.12 bits per heavy atom. The summed E-state index contributed by atoms with van der Waals surface area (Å²) in [4.78, 5) is 4.14. The molecule has 0 fully saturated rings. The van der Waals surface area contributed by atoms with Crippen LogP contribution in [0.2, 0.25) is 0 Å². The van der Waals surface area contributed by atoms with Gasteiger partial charge in [0, 0.05) is 39.3 Å². The van der Waals surface area contributed by atoms with Gasteiger partial charge in [-0.15, -0.1) is 0 Å². The van der Waals surface area contributed by atoms with Crippen molar-refractivity contribution < 1.29 is 30.9 Å². The SMILES string of the molecule is CCOCc1ccc(O)c2ncccc12.[Pt]. The van der Waals surface area contributed by atoms with Gasteiger partial charge in [0.05, 0.1) is 6.61 Å². The van der Waals surface area contributed by atoms with E-state index in [1.54, 1.807) is 12.3 Å². The molecule has 4 heteroatoms. The first-order chi connectivity index (χ1) is 7.33. The molecule has 88 valence electrons. The van der Waals surface area contributed by atoms with E-state index in [4.69, 9.17) is 4.74 Å². The van der Waals surface area contributed by atoms with Crippen molar-refractivity contribution in [2.45, 2.75) is 13.5 Å². The third kappa shape index (κ3) is 2.60. The second-order valence-corrected chi connectivity index (χ2v) is 3.28. The Bertz CT molecular complexity index is 474. The maximum Gasteiger partial charge on any atom is 0.141 e. The van der Waals surface area contributed by atoms with E-state index in [0.29, 0.717) is 18.7 Å². The molecule has 1 N–H and O–H groups in total. The molecule has 0 aliphatic carbocycles. The first-order valence-electron chi connectivity index (χ1n) is 4.96. The number of ether oxygens (including phenoxy) is 1. The third-order valence-corrected chi connectivity index (χ3v) is 2.30. The van der Waals surface area contributed by atoms with Crippen molar-refractivity contribution in [3.05, 3.63) is 36.0 Å². The third-order valence-electron chi connectivity index (χ3n) is 2.30. The van der Waals surface area contributed by atoms with E-state index in [1.165, 1.54) is 0 Å². The summed E-state index contributed by atoms with van der Waals surface area (Å²) in [5.74, 6) is 0.214. The van der Waals surface area contributed by atoms with Crippen molar-refractivity contribution in [1.82, 2.24) is 4.98 Å². The normalized spacial score (nSPS) is 10.1. The van der Waals surface area contributed by atoms with Gasteiger partial charge in [-0.1, -0.05) is 12.1 Å². The smallest absolute Gasteiger partial charge is 0.141 e. The predicted octanol–water partition coefficient (Wildman–Crippen LogP) is 2.47. The largest absolute Gasteiger partial charge is 0.506 e. The van der Waals surface area contributed by atoms with Gasteiger partial charge in [-0.05, 0) is 24.6 Å². The van der Waals surface area contributed by atoms with Crippen molar-refractivity contribution in [2.75, 3.05) is 6.61 Å². The molecule has 1 heterocycles. The Morgan fingerprint density at radius 3 is 2.88 bits per heavy atom. The summed E-state index contributed by atoms with van der Waals surface area (Å²) in [6, 6.07) is 7.33. The summed E-state index contributed by atoms with van der Waals surface area (Å²) >= 11 is 0. The van der Waals surface area contributed by atoms with Gasteiger partial charge < -0.3 is 9.84 Å². The summed E-state index contributed by atoms with van der Waals surface area (Å²) in [6.07, 6.45) is 1.67. The van der Waals surface area contributed by atoms with Crippen molar-refractivity contribution in [1.29, 1.82) is 0 Å². The van der Waals surface area contributed by atoms with E-state index < -0.39 is 0 Å². The molecular weight excluding hydrogens is 385 g/mol. The zero-order valence-electron chi connectivity index (χ0n) is 8.92. The first kappa shape index (κ1) is 13.1.